The normalized spacial score (nSPS) is 21.2. The van der Waals surface area contributed by atoms with Gasteiger partial charge in [0, 0.05) is 30.9 Å². The molecule has 1 atom stereocenters. The molecule has 6 heteroatoms. The van der Waals surface area contributed by atoms with Crippen molar-refractivity contribution in [3.63, 3.8) is 0 Å². The average molecular weight is 305 g/mol. The van der Waals surface area contributed by atoms with E-state index < -0.39 is 0 Å². The summed E-state index contributed by atoms with van der Waals surface area (Å²) in [5, 5.41) is 22.4. The number of nitrogens with one attached hydrogen (secondary N) is 1. The van der Waals surface area contributed by atoms with Gasteiger partial charge in [-0.1, -0.05) is 0 Å². The molecule has 0 radical (unpaired) electrons. The first-order valence-corrected chi connectivity index (χ1v) is 8.24. The predicted octanol–water partition coefficient (Wildman–Crippen LogP) is 1.50. The summed E-state index contributed by atoms with van der Waals surface area (Å²) in [5.41, 5.74) is 1.80. The van der Waals surface area contributed by atoms with E-state index in [9.17, 15) is 15.2 Å². The lowest BCUT2D eigenvalue weighted by Gasteiger charge is -2.14. The van der Waals surface area contributed by atoms with Gasteiger partial charge in [-0.3, -0.25) is 4.79 Å². The minimum atomic E-state index is -0.251. The maximum Gasteiger partial charge on any atom is 0.226 e. The van der Waals surface area contributed by atoms with Crippen LogP contribution in [0.25, 0.3) is 0 Å². The number of aliphatic hydroxyl groups excluding tert-OH is 1. The number of β-amino-alcohol motifs (C(OH)–C–C–N with tert-alkyl or cyclic N) is 1. The number of carbonyl (C=O) groups excluding carboxylic acids is 1. The lowest BCUT2D eigenvalue weighted by molar-refractivity contribution is -0.116. The van der Waals surface area contributed by atoms with Crippen LogP contribution >= 0.6 is 11.3 Å². The Morgan fingerprint density at radius 2 is 2.38 bits per heavy atom. The Balaban J connectivity index is 1.57. The van der Waals surface area contributed by atoms with Crippen molar-refractivity contribution < 1.29 is 9.90 Å². The van der Waals surface area contributed by atoms with Crippen LogP contribution in [-0.2, 0) is 17.6 Å². The number of fused-ring (bicyclic) bond motifs is 1. The van der Waals surface area contributed by atoms with Gasteiger partial charge < -0.3 is 15.3 Å². The van der Waals surface area contributed by atoms with E-state index in [-0.39, 0.29) is 12.0 Å². The molecule has 0 saturated carbocycles. The predicted molar refractivity (Wildman–Crippen MR) is 81.4 cm³/mol. The van der Waals surface area contributed by atoms with Crippen LogP contribution in [0.2, 0.25) is 0 Å². The highest BCUT2D eigenvalue weighted by molar-refractivity contribution is 7.16. The molecule has 1 aromatic heterocycles. The highest BCUT2D eigenvalue weighted by atomic mass is 32.1. The Hall–Kier alpha value is -1.42. The van der Waals surface area contributed by atoms with E-state index in [0.717, 1.165) is 37.8 Å². The van der Waals surface area contributed by atoms with Gasteiger partial charge >= 0.3 is 0 Å². The second-order valence-electron chi connectivity index (χ2n) is 5.71. The maximum atomic E-state index is 12.0. The third kappa shape index (κ3) is 3.10. The van der Waals surface area contributed by atoms with Crippen LogP contribution in [0.4, 0.5) is 5.00 Å². The van der Waals surface area contributed by atoms with Crippen LogP contribution in [0.5, 0.6) is 0 Å². The first-order chi connectivity index (χ1) is 10.2. The number of thiophene rings is 1. The number of amides is 1. The third-order valence-electron chi connectivity index (χ3n) is 4.19. The second kappa shape index (κ2) is 6.14. The van der Waals surface area contributed by atoms with Gasteiger partial charge in [-0.05, 0) is 31.2 Å². The molecule has 0 bridgehead atoms. The highest BCUT2D eigenvalue weighted by Crippen LogP contribution is 2.38. The number of aliphatic hydroxyl groups is 1. The van der Waals surface area contributed by atoms with Crippen LogP contribution in [0.3, 0.4) is 0 Å². The van der Waals surface area contributed by atoms with E-state index in [4.69, 9.17) is 0 Å². The Morgan fingerprint density at radius 1 is 1.52 bits per heavy atom. The molecule has 1 aromatic rings. The molecule has 2 N–H and O–H groups in total. The van der Waals surface area contributed by atoms with E-state index in [1.807, 2.05) is 0 Å². The van der Waals surface area contributed by atoms with E-state index in [1.165, 1.54) is 4.88 Å². The molecule has 3 rings (SSSR count). The number of carbonyl (C=O) groups is 1. The van der Waals surface area contributed by atoms with Crippen molar-refractivity contribution in [1.29, 1.82) is 5.26 Å². The standard InChI is InChI=1S/C15H19N3O2S/c16-8-12-11-2-1-3-13(11)21-15(12)17-14(20)5-7-18-6-4-10(19)9-18/h10,19H,1-7,9H2,(H,17,20)/t10-/m0/s1. The fourth-order valence-electron chi connectivity index (χ4n) is 3.07. The number of hydrogen-bond acceptors (Lipinski definition) is 5. The number of nitrogens with zero attached hydrogens (tertiary/aromatic N) is 2. The number of anilines is 1. The van der Waals surface area contributed by atoms with Crippen LogP contribution in [-0.4, -0.2) is 41.7 Å². The van der Waals surface area contributed by atoms with Gasteiger partial charge in [-0.25, -0.2) is 0 Å². The molecular formula is C15H19N3O2S. The first kappa shape index (κ1) is 14.5. The summed E-state index contributed by atoms with van der Waals surface area (Å²) >= 11 is 1.55. The molecule has 2 aliphatic rings. The summed E-state index contributed by atoms with van der Waals surface area (Å²) in [5.74, 6) is -0.0483. The van der Waals surface area contributed by atoms with Crippen LogP contribution < -0.4 is 5.32 Å². The first-order valence-electron chi connectivity index (χ1n) is 7.42. The fourth-order valence-corrected chi connectivity index (χ4v) is 4.33. The number of aryl methyl sites for hydroxylation is 1. The average Bonchev–Trinajstić information content (AvgIpc) is 3.12. The van der Waals surface area contributed by atoms with Gasteiger partial charge in [-0.15, -0.1) is 11.3 Å². The number of hydrogen-bond donors (Lipinski definition) is 2. The van der Waals surface area contributed by atoms with Crippen molar-refractivity contribution in [2.75, 3.05) is 25.0 Å². The summed E-state index contributed by atoms with van der Waals surface area (Å²) in [6, 6.07) is 2.24. The van der Waals surface area contributed by atoms with Gasteiger partial charge in [0.15, 0.2) is 0 Å². The van der Waals surface area contributed by atoms with Crippen molar-refractivity contribution in [2.24, 2.45) is 0 Å². The molecule has 0 spiro atoms. The molecule has 21 heavy (non-hydrogen) atoms. The molecule has 0 unspecified atom stereocenters. The third-order valence-corrected chi connectivity index (χ3v) is 5.40. The monoisotopic (exact) mass is 305 g/mol. The molecule has 1 fully saturated rings. The Morgan fingerprint density at radius 3 is 3.10 bits per heavy atom. The zero-order valence-electron chi connectivity index (χ0n) is 11.9. The minimum absolute atomic E-state index is 0.0483. The number of likely N-dealkylation sites (tertiary alicyclic amines) is 1. The van der Waals surface area contributed by atoms with Crippen molar-refractivity contribution in [1.82, 2.24) is 4.90 Å². The van der Waals surface area contributed by atoms with E-state index in [1.54, 1.807) is 11.3 Å². The summed E-state index contributed by atoms with van der Waals surface area (Å²) in [4.78, 5) is 15.4. The van der Waals surface area contributed by atoms with Crippen molar-refractivity contribution in [3.8, 4) is 6.07 Å². The highest BCUT2D eigenvalue weighted by Gasteiger charge is 2.24. The van der Waals surface area contributed by atoms with Gasteiger partial charge in [0.25, 0.3) is 0 Å². The van der Waals surface area contributed by atoms with Crippen LogP contribution in [0.15, 0.2) is 0 Å². The topological polar surface area (TPSA) is 76.4 Å². The van der Waals surface area contributed by atoms with Gasteiger partial charge in [0.2, 0.25) is 5.91 Å². The summed E-state index contributed by atoms with van der Waals surface area (Å²) in [6.45, 7) is 2.17. The van der Waals surface area contributed by atoms with Crippen LogP contribution in [0.1, 0.15) is 35.3 Å². The summed E-state index contributed by atoms with van der Waals surface area (Å²) < 4.78 is 0. The molecule has 1 aliphatic carbocycles. The van der Waals surface area contributed by atoms with E-state index in [2.05, 4.69) is 16.3 Å². The van der Waals surface area contributed by atoms with Gasteiger partial charge in [-0.2, -0.15) is 5.26 Å². The molecule has 1 saturated heterocycles. The van der Waals surface area contributed by atoms with E-state index in [0.29, 0.717) is 30.1 Å². The zero-order valence-corrected chi connectivity index (χ0v) is 12.7. The van der Waals surface area contributed by atoms with Gasteiger partial charge in [0.1, 0.15) is 11.1 Å². The lowest BCUT2D eigenvalue weighted by Crippen LogP contribution is -2.26. The molecule has 0 aromatic carbocycles. The second-order valence-corrected chi connectivity index (χ2v) is 6.82. The molecule has 1 amide bonds. The smallest absolute Gasteiger partial charge is 0.226 e. The maximum absolute atomic E-state index is 12.0. The largest absolute Gasteiger partial charge is 0.392 e. The summed E-state index contributed by atoms with van der Waals surface area (Å²) in [7, 11) is 0. The lowest BCUT2D eigenvalue weighted by atomic mass is 10.1. The molecule has 1 aliphatic heterocycles. The van der Waals surface area contributed by atoms with Crippen molar-refractivity contribution in [2.45, 2.75) is 38.2 Å². The number of nitriles is 1. The Labute approximate surface area is 128 Å². The zero-order chi connectivity index (χ0) is 14.8. The molecule has 2 heterocycles. The van der Waals surface area contributed by atoms with Gasteiger partial charge in [0.05, 0.1) is 11.7 Å². The molecule has 112 valence electrons. The van der Waals surface area contributed by atoms with Crippen LogP contribution in [0, 0.1) is 11.3 Å². The minimum Gasteiger partial charge on any atom is -0.392 e. The quantitative estimate of drug-likeness (QED) is 0.884. The number of rotatable bonds is 4. The molecular weight excluding hydrogens is 286 g/mol. The van der Waals surface area contributed by atoms with Crippen molar-refractivity contribution >= 4 is 22.2 Å². The van der Waals surface area contributed by atoms with Crippen molar-refractivity contribution in [3.05, 3.63) is 16.0 Å². The SMILES string of the molecule is N#Cc1c(NC(=O)CCN2CC[C@H](O)C2)sc2c1CCC2. The Kier molecular flexibility index (Phi) is 4.24. The Bertz CT molecular complexity index is 590. The summed E-state index contributed by atoms with van der Waals surface area (Å²) in [6.07, 6.45) is 4.03. The molecule has 5 nitrogen and oxygen atoms in total. The van der Waals surface area contributed by atoms with E-state index >= 15 is 0 Å². The fraction of sp³-hybridized carbons (Fsp3) is 0.600.